The summed E-state index contributed by atoms with van der Waals surface area (Å²) in [4.78, 5) is 39.7. The Morgan fingerprint density at radius 2 is 1.11 bits per heavy atom. The van der Waals surface area contributed by atoms with E-state index in [-0.39, 0.29) is 22.9 Å². The van der Waals surface area contributed by atoms with E-state index in [1.165, 1.54) is 0 Å². The Morgan fingerprint density at radius 3 is 1.63 bits per heavy atom. The first-order chi connectivity index (χ1) is 18.4. The van der Waals surface area contributed by atoms with Gasteiger partial charge in [-0.2, -0.15) is 0 Å². The SMILES string of the molecule is CC1=C(/C=C2\CCC(C=C3C(=O)c4cc5ccccc5cc4C3=O)=C2Cl)C(=O)c2cc3ccccc3cc21. The first-order valence-electron chi connectivity index (χ1n) is 12.6. The van der Waals surface area contributed by atoms with Crippen LogP contribution in [-0.2, 0) is 0 Å². The second kappa shape index (κ2) is 8.34. The predicted molar refractivity (Wildman–Crippen MR) is 152 cm³/mol. The zero-order chi connectivity index (χ0) is 26.1. The third-order valence-corrected chi connectivity index (χ3v) is 8.40. The molecule has 4 heteroatoms. The molecule has 0 unspecified atom stereocenters. The van der Waals surface area contributed by atoms with Crippen molar-refractivity contribution in [3.05, 3.63) is 135 Å². The topological polar surface area (TPSA) is 51.2 Å². The summed E-state index contributed by atoms with van der Waals surface area (Å²) in [5.41, 5.74) is 5.86. The van der Waals surface area contributed by atoms with Gasteiger partial charge in [0.15, 0.2) is 17.3 Å². The van der Waals surface area contributed by atoms with E-state index in [1.807, 2.05) is 67.6 Å². The lowest BCUT2D eigenvalue weighted by Gasteiger charge is -2.03. The molecule has 0 saturated carbocycles. The number of rotatable bonds is 2. The van der Waals surface area contributed by atoms with Crippen LogP contribution in [0.25, 0.3) is 27.1 Å². The number of halogens is 1. The van der Waals surface area contributed by atoms with Gasteiger partial charge in [0, 0.05) is 27.3 Å². The Bertz CT molecular complexity index is 1870. The fraction of sp³-hybridized carbons (Fsp3) is 0.0882. The number of carbonyl (C=O) groups is 3. The molecule has 0 bridgehead atoms. The molecule has 4 aromatic carbocycles. The van der Waals surface area contributed by atoms with Crippen LogP contribution in [-0.4, -0.2) is 17.3 Å². The molecular formula is C34H21ClO3. The van der Waals surface area contributed by atoms with Crippen molar-refractivity contribution in [2.75, 3.05) is 0 Å². The molecule has 0 saturated heterocycles. The minimum Gasteiger partial charge on any atom is -0.289 e. The van der Waals surface area contributed by atoms with Gasteiger partial charge >= 0.3 is 0 Å². The van der Waals surface area contributed by atoms with Crippen LogP contribution in [0.15, 0.2) is 112 Å². The molecule has 0 aromatic heterocycles. The minimum atomic E-state index is -0.266. The Morgan fingerprint density at radius 1 is 0.632 bits per heavy atom. The van der Waals surface area contributed by atoms with Crippen molar-refractivity contribution in [2.24, 2.45) is 0 Å². The summed E-state index contributed by atoms with van der Waals surface area (Å²) in [6, 6.07) is 23.3. The molecule has 0 fully saturated rings. The number of ketones is 3. The lowest BCUT2D eigenvalue weighted by molar-refractivity contribution is 0.0986. The summed E-state index contributed by atoms with van der Waals surface area (Å²) in [7, 11) is 0. The van der Waals surface area contributed by atoms with Crippen molar-refractivity contribution in [1.29, 1.82) is 0 Å². The van der Waals surface area contributed by atoms with Gasteiger partial charge in [0.05, 0.1) is 5.57 Å². The van der Waals surface area contributed by atoms with Gasteiger partial charge in [0.2, 0.25) is 0 Å². The van der Waals surface area contributed by atoms with Crippen LogP contribution in [0.1, 0.15) is 56.4 Å². The van der Waals surface area contributed by atoms with Crippen molar-refractivity contribution in [3.8, 4) is 0 Å². The van der Waals surface area contributed by atoms with Crippen molar-refractivity contribution >= 4 is 56.1 Å². The Balaban J connectivity index is 1.25. The van der Waals surface area contributed by atoms with E-state index in [2.05, 4.69) is 6.07 Å². The van der Waals surface area contributed by atoms with E-state index in [0.717, 1.165) is 43.8 Å². The quantitative estimate of drug-likeness (QED) is 0.201. The van der Waals surface area contributed by atoms with Gasteiger partial charge in [0.1, 0.15) is 0 Å². The largest absolute Gasteiger partial charge is 0.289 e. The van der Waals surface area contributed by atoms with Crippen molar-refractivity contribution in [3.63, 3.8) is 0 Å². The zero-order valence-electron chi connectivity index (χ0n) is 20.6. The maximum absolute atomic E-state index is 13.4. The predicted octanol–water partition coefficient (Wildman–Crippen LogP) is 8.18. The number of benzene rings is 4. The van der Waals surface area contributed by atoms with Crippen molar-refractivity contribution in [1.82, 2.24) is 0 Å². The molecule has 182 valence electrons. The normalized spacial score (nSPS) is 18.0. The second-order valence-electron chi connectivity index (χ2n) is 10.1. The van der Waals surface area contributed by atoms with Crippen LogP contribution in [0.4, 0.5) is 0 Å². The lowest BCUT2D eigenvalue weighted by atomic mass is 10.0. The molecule has 3 aliphatic carbocycles. The van der Waals surface area contributed by atoms with E-state index < -0.39 is 0 Å². The van der Waals surface area contributed by atoms with Crippen LogP contribution in [0.3, 0.4) is 0 Å². The van der Waals surface area contributed by atoms with Gasteiger partial charge in [-0.1, -0.05) is 60.1 Å². The lowest BCUT2D eigenvalue weighted by Crippen LogP contribution is -2.01. The summed E-state index contributed by atoms with van der Waals surface area (Å²) in [6.45, 7) is 1.97. The average Bonchev–Trinajstić information content (AvgIpc) is 3.48. The summed E-state index contributed by atoms with van der Waals surface area (Å²) in [5.74, 6) is -0.537. The number of Topliss-reactive ketones (excluding diaryl/α,β-unsaturated/α-hetero) is 3. The van der Waals surface area contributed by atoms with Crippen LogP contribution >= 0.6 is 11.6 Å². The molecule has 4 aromatic rings. The maximum atomic E-state index is 13.4. The minimum absolute atomic E-state index is 0.00399. The highest BCUT2D eigenvalue weighted by Gasteiger charge is 2.34. The van der Waals surface area contributed by atoms with E-state index in [9.17, 15) is 14.4 Å². The molecule has 0 N–H and O–H groups in total. The van der Waals surface area contributed by atoms with Crippen LogP contribution in [0, 0.1) is 0 Å². The molecule has 0 atom stereocenters. The monoisotopic (exact) mass is 512 g/mol. The summed E-state index contributed by atoms with van der Waals surface area (Å²) in [6.07, 6.45) is 4.78. The molecule has 0 amide bonds. The number of fused-ring (bicyclic) bond motifs is 4. The van der Waals surface area contributed by atoms with Gasteiger partial charge in [-0.3, -0.25) is 14.4 Å². The van der Waals surface area contributed by atoms with Crippen molar-refractivity contribution < 1.29 is 14.4 Å². The van der Waals surface area contributed by atoms with Crippen LogP contribution < -0.4 is 0 Å². The number of allylic oxidation sites excluding steroid dienone is 8. The average molecular weight is 513 g/mol. The molecule has 3 nitrogen and oxygen atoms in total. The maximum Gasteiger partial charge on any atom is 0.197 e. The van der Waals surface area contributed by atoms with Gasteiger partial charge in [-0.05, 0) is 100 Å². The van der Waals surface area contributed by atoms with Gasteiger partial charge < -0.3 is 0 Å². The zero-order valence-corrected chi connectivity index (χ0v) is 21.4. The smallest absolute Gasteiger partial charge is 0.197 e. The molecule has 0 radical (unpaired) electrons. The Hall–Kier alpha value is -4.34. The van der Waals surface area contributed by atoms with Crippen LogP contribution in [0.5, 0.6) is 0 Å². The van der Waals surface area contributed by atoms with E-state index in [1.54, 1.807) is 18.2 Å². The second-order valence-corrected chi connectivity index (χ2v) is 10.5. The Labute approximate surface area is 224 Å². The Kier molecular flexibility index (Phi) is 5.01. The summed E-state index contributed by atoms with van der Waals surface area (Å²) in [5, 5.41) is 4.49. The molecule has 0 aliphatic heterocycles. The highest BCUT2D eigenvalue weighted by atomic mass is 35.5. The molecule has 7 rings (SSSR count). The fourth-order valence-electron chi connectivity index (χ4n) is 5.83. The first-order valence-corrected chi connectivity index (χ1v) is 13.0. The third kappa shape index (κ3) is 3.32. The van der Waals surface area contributed by atoms with E-state index >= 15 is 0 Å². The molecular weight excluding hydrogens is 492 g/mol. The van der Waals surface area contributed by atoms with Crippen molar-refractivity contribution in [2.45, 2.75) is 19.8 Å². The third-order valence-electron chi connectivity index (χ3n) is 7.91. The molecule has 0 heterocycles. The van der Waals surface area contributed by atoms with E-state index in [4.69, 9.17) is 11.6 Å². The number of hydrogen-bond acceptors (Lipinski definition) is 3. The number of hydrogen-bond donors (Lipinski definition) is 0. The molecule has 38 heavy (non-hydrogen) atoms. The van der Waals surface area contributed by atoms with Gasteiger partial charge in [0.25, 0.3) is 0 Å². The highest BCUT2D eigenvalue weighted by Crippen LogP contribution is 2.41. The van der Waals surface area contributed by atoms with Crippen LogP contribution in [0.2, 0.25) is 0 Å². The fourth-order valence-corrected chi connectivity index (χ4v) is 6.13. The van der Waals surface area contributed by atoms with E-state index in [0.29, 0.717) is 40.1 Å². The highest BCUT2D eigenvalue weighted by molar-refractivity contribution is 6.40. The van der Waals surface area contributed by atoms with Gasteiger partial charge in [-0.15, -0.1) is 0 Å². The molecule has 3 aliphatic rings. The first kappa shape index (κ1) is 22.8. The number of carbonyl (C=O) groups excluding carboxylic acids is 3. The summed E-state index contributed by atoms with van der Waals surface area (Å²) >= 11 is 6.80. The summed E-state index contributed by atoms with van der Waals surface area (Å²) < 4.78 is 0. The standard InChI is InChI=1S/C34H21ClO3/c1-18-25-12-19-6-2-3-7-20(19)13-27(25)32(36)26(18)16-23-10-11-24(31(23)35)17-30-33(37)28-14-21-8-4-5-9-22(21)15-29(28)34(30)38/h2-9,12-17H,10-11H2,1H3/b23-16+. The van der Waals surface area contributed by atoms with Gasteiger partial charge in [-0.25, -0.2) is 0 Å². The molecule has 0 spiro atoms.